The maximum atomic E-state index is 12.5. The van der Waals surface area contributed by atoms with Crippen LogP contribution in [0.15, 0.2) is 60.8 Å². The Bertz CT molecular complexity index is 902. The van der Waals surface area contributed by atoms with E-state index in [1.165, 1.54) is 11.1 Å². The number of benzene rings is 2. The topological polar surface area (TPSA) is 61.0 Å². The second-order valence-corrected chi connectivity index (χ2v) is 7.18. The molecule has 4 rings (SSSR count). The molecular weight excluding hydrogens is 336 g/mol. The Morgan fingerprint density at radius 1 is 1.15 bits per heavy atom. The molecule has 27 heavy (non-hydrogen) atoms. The van der Waals surface area contributed by atoms with Gasteiger partial charge in [0, 0.05) is 37.4 Å². The van der Waals surface area contributed by atoms with Crippen LogP contribution in [0, 0.1) is 0 Å². The van der Waals surface area contributed by atoms with Crippen LogP contribution in [0.2, 0.25) is 0 Å². The van der Waals surface area contributed by atoms with E-state index in [2.05, 4.69) is 51.6 Å². The molecule has 0 bridgehead atoms. The molecule has 1 aliphatic heterocycles. The summed E-state index contributed by atoms with van der Waals surface area (Å²) in [6.45, 7) is 4.91. The van der Waals surface area contributed by atoms with Gasteiger partial charge in [-0.25, -0.2) is 0 Å². The van der Waals surface area contributed by atoms with Gasteiger partial charge in [0.2, 0.25) is 0 Å². The molecule has 1 aliphatic rings. The number of hydrogen-bond donors (Lipinski definition) is 2. The summed E-state index contributed by atoms with van der Waals surface area (Å²) in [5.41, 5.74) is 5.48. The Balaban J connectivity index is 1.33. The number of nitrogens with one attached hydrogen (secondary N) is 2. The number of aromatic amines is 1. The maximum Gasteiger partial charge on any atom is 0.251 e. The summed E-state index contributed by atoms with van der Waals surface area (Å²) in [6, 6.07) is 18.2. The summed E-state index contributed by atoms with van der Waals surface area (Å²) in [5, 5.41) is 10.0. The number of fused-ring (bicyclic) bond motifs is 1. The molecule has 2 heterocycles. The summed E-state index contributed by atoms with van der Waals surface area (Å²) in [5.74, 6) is -0.0314. The minimum absolute atomic E-state index is 0.0314. The fourth-order valence-electron chi connectivity index (χ4n) is 3.67. The van der Waals surface area contributed by atoms with Gasteiger partial charge in [-0.1, -0.05) is 36.4 Å². The largest absolute Gasteiger partial charge is 0.348 e. The van der Waals surface area contributed by atoms with Crippen LogP contribution in [-0.2, 0) is 13.0 Å². The first-order valence-electron chi connectivity index (χ1n) is 9.39. The average molecular weight is 360 g/mol. The predicted molar refractivity (Wildman–Crippen MR) is 106 cm³/mol. The summed E-state index contributed by atoms with van der Waals surface area (Å²) in [7, 11) is 0. The van der Waals surface area contributed by atoms with E-state index in [0.29, 0.717) is 5.56 Å². The first-order valence-corrected chi connectivity index (χ1v) is 9.39. The van der Waals surface area contributed by atoms with Crippen LogP contribution < -0.4 is 5.32 Å². The molecule has 5 nitrogen and oxygen atoms in total. The molecule has 0 spiro atoms. The number of carbonyl (C=O) groups excluding carboxylic acids is 1. The van der Waals surface area contributed by atoms with Gasteiger partial charge in [-0.15, -0.1) is 0 Å². The summed E-state index contributed by atoms with van der Waals surface area (Å²) < 4.78 is 0. The number of amides is 1. The van der Waals surface area contributed by atoms with E-state index < -0.39 is 0 Å². The van der Waals surface area contributed by atoms with Crippen molar-refractivity contribution in [3.8, 4) is 11.3 Å². The number of carbonyl (C=O) groups is 1. The molecule has 3 aromatic rings. The van der Waals surface area contributed by atoms with E-state index in [1.807, 2.05) is 30.3 Å². The number of nitrogens with zero attached hydrogens (tertiary/aromatic N) is 2. The minimum atomic E-state index is -0.0314. The fourth-order valence-corrected chi connectivity index (χ4v) is 3.67. The van der Waals surface area contributed by atoms with E-state index in [-0.39, 0.29) is 11.9 Å². The van der Waals surface area contributed by atoms with Gasteiger partial charge >= 0.3 is 0 Å². The average Bonchev–Trinajstić information content (AvgIpc) is 3.23. The number of aromatic nitrogens is 2. The Kier molecular flexibility index (Phi) is 5.03. The highest BCUT2D eigenvalue weighted by atomic mass is 16.1. The van der Waals surface area contributed by atoms with Crippen LogP contribution in [0.3, 0.4) is 0 Å². The Hall–Kier alpha value is -2.92. The molecule has 0 fully saturated rings. The Labute approximate surface area is 159 Å². The van der Waals surface area contributed by atoms with Crippen molar-refractivity contribution in [3.63, 3.8) is 0 Å². The second kappa shape index (κ2) is 7.76. The summed E-state index contributed by atoms with van der Waals surface area (Å²) in [4.78, 5) is 15.0. The third kappa shape index (κ3) is 4.09. The molecule has 2 aromatic carbocycles. The molecule has 0 saturated heterocycles. The van der Waals surface area contributed by atoms with Gasteiger partial charge in [0.15, 0.2) is 0 Å². The monoisotopic (exact) mass is 360 g/mol. The quantitative estimate of drug-likeness (QED) is 0.734. The standard InChI is InChI=1S/C22H24N4O/c1-16(14-26-13-11-17-4-2-3-5-20(17)15-26)24-22(27)19-8-6-18(7-9-19)21-10-12-23-25-21/h2-10,12,16H,11,13-15H2,1H3,(H,23,25)(H,24,27). The normalized spacial score (nSPS) is 15.1. The maximum absolute atomic E-state index is 12.5. The van der Waals surface area contributed by atoms with Gasteiger partial charge in [0.1, 0.15) is 0 Å². The summed E-state index contributed by atoms with van der Waals surface area (Å²) in [6.07, 6.45) is 2.79. The minimum Gasteiger partial charge on any atom is -0.348 e. The lowest BCUT2D eigenvalue weighted by atomic mass is 9.99. The molecule has 0 saturated carbocycles. The molecule has 0 aliphatic carbocycles. The van der Waals surface area contributed by atoms with Crippen LogP contribution in [0.1, 0.15) is 28.4 Å². The highest BCUT2D eigenvalue weighted by Crippen LogP contribution is 2.19. The van der Waals surface area contributed by atoms with Crippen molar-refractivity contribution in [3.05, 3.63) is 77.5 Å². The molecule has 1 unspecified atom stereocenters. The number of rotatable bonds is 5. The molecular formula is C22H24N4O. The third-order valence-electron chi connectivity index (χ3n) is 5.08. The molecule has 138 valence electrons. The van der Waals surface area contributed by atoms with Crippen LogP contribution in [0.5, 0.6) is 0 Å². The third-order valence-corrected chi connectivity index (χ3v) is 5.08. The molecule has 5 heteroatoms. The van der Waals surface area contributed by atoms with Crippen LogP contribution in [0.25, 0.3) is 11.3 Å². The molecule has 1 atom stereocenters. The zero-order chi connectivity index (χ0) is 18.6. The Morgan fingerprint density at radius 3 is 2.67 bits per heavy atom. The van der Waals surface area contributed by atoms with Crippen molar-refractivity contribution >= 4 is 5.91 Å². The molecule has 0 radical (unpaired) electrons. The highest BCUT2D eigenvalue weighted by molar-refractivity contribution is 5.94. The first-order chi connectivity index (χ1) is 13.2. The van der Waals surface area contributed by atoms with E-state index in [0.717, 1.165) is 37.3 Å². The second-order valence-electron chi connectivity index (χ2n) is 7.18. The zero-order valence-electron chi connectivity index (χ0n) is 15.5. The highest BCUT2D eigenvalue weighted by Gasteiger charge is 2.18. The van der Waals surface area contributed by atoms with Crippen molar-refractivity contribution < 1.29 is 4.79 Å². The van der Waals surface area contributed by atoms with Gasteiger partial charge < -0.3 is 5.32 Å². The molecule has 1 amide bonds. The molecule has 1 aromatic heterocycles. The van der Waals surface area contributed by atoms with E-state index in [1.54, 1.807) is 6.20 Å². The van der Waals surface area contributed by atoms with E-state index in [9.17, 15) is 4.79 Å². The van der Waals surface area contributed by atoms with Gasteiger partial charge in [0.25, 0.3) is 5.91 Å². The predicted octanol–water partition coefficient (Wildman–Crippen LogP) is 3.25. The smallest absolute Gasteiger partial charge is 0.251 e. The van der Waals surface area contributed by atoms with Gasteiger partial charge in [-0.05, 0) is 48.2 Å². The van der Waals surface area contributed by atoms with Crippen molar-refractivity contribution in [2.75, 3.05) is 13.1 Å². The Morgan fingerprint density at radius 2 is 1.93 bits per heavy atom. The van der Waals surface area contributed by atoms with Gasteiger partial charge in [-0.3, -0.25) is 14.8 Å². The lowest BCUT2D eigenvalue weighted by molar-refractivity contribution is 0.0927. The van der Waals surface area contributed by atoms with Crippen molar-refractivity contribution in [1.29, 1.82) is 0 Å². The lowest BCUT2D eigenvalue weighted by Crippen LogP contribution is -2.43. The van der Waals surface area contributed by atoms with Crippen molar-refractivity contribution in [1.82, 2.24) is 20.4 Å². The zero-order valence-corrected chi connectivity index (χ0v) is 15.5. The van der Waals surface area contributed by atoms with Crippen molar-refractivity contribution in [2.24, 2.45) is 0 Å². The van der Waals surface area contributed by atoms with E-state index in [4.69, 9.17) is 0 Å². The van der Waals surface area contributed by atoms with Gasteiger partial charge in [0.05, 0.1) is 5.69 Å². The number of hydrogen-bond acceptors (Lipinski definition) is 3. The SMILES string of the molecule is CC(CN1CCc2ccccc2C1)NC(=O)c1ccc(-c2ccn[nH]2)cc1. The van der Waals surface area contributed by atoms with Gasteiger partial charge in [-0.2, -0.15) is 5.10 Å². The lowest BCUT2D eigenvalue weighted by Gasteiger charge is -2.31. The number of H-pyrrole nitrogens is 1. The van der Waals surface area contributed by atoms with Crippen LogP contribution in [-0.4, -0.2) is 40.1 Å². The summed E-state index contributed by atoms with van der Waals surface area (Å²) >= 11 is 0. The van der Waals surface area contributed by atoms with Crippen LogP contribution >= 0.6 is 0 Å². The molecule has 2 N–H and O–H groups in total. The van der Waals surface area contributed by atoms with Crippen molar-refractivity contribution in [2.45, 2.75) is 25.9 Å². The fraction of sp³-hybridized carbons (Fsp3) is 0.273. The first kappa shape index (κ1) is 17.5. The van der Waals surface area contributed by atoms with E-state index >= 15 is 0 Å². The van der Waals surface area contributed by atoms with Crippen LogP contribution in [0.4, 0.5) is 0 Å².